The zero-order valence-corrected chi connectivity index (χ0v) is 8.25. The Bertz CT molecular complexity index is 194. The Labute approximate surface area is 80.0 Å². The lowest BCUT2D eigenvalue weighted by molar-refractivity contribution is -0.133. The van der Waals surface area contributed by atoms with Crippen molar-refractivity contribution in [3.63, 3.8) is 0 Å². The van der Waals surface area contributed by atoms with Gasteiger partial charge >= 0.3 is 5.97 Å². The minimum Gasteiger partial charge on any atom is -0.478 e. The van der Waals surface area contributed by atoms with Crippen LogP contribution in [0.2, 0.25) is 0 Å². The van der Waals surface area contributed by atoms with E-state index in [1.807, 2.05) is 0 Å². The first-order valence-electron chi connectivity index (χ1n) is 4.66. The Morgan fingerprint density at radius 2 is 2.23 bits per heavy atom. The number of hydrogen-bond acceptors (Lipinski definition) is 1. The molecule has 0 bridgehead atoms. The molecule has 2 heteroatoms. The Morgan fingerprint density at radius 3 is 2.62 bits per heavy atom. The van der Waals surface area contributed by atoms with Gasteiger partial charge in [0.05, 0.1) is 0 Å². The predicted molar refractivity (Wildman–Crippen MR) is 54.6 cm³/mol. The summed E-state index contributed by atoms with van der Waals surface area (Å²) in [4.78, 5) is 10.6. The maximum atomic E-state index is 10.6. The van der Waals surface area contributed by atoms with Crippen LogP contribution in [0.15, 0.2) is 24.8 Å². The van der Waals surface area contributed by atoms with E-state index in [2.05, 4.69) is 20.1 Å². The van der Waals surface area contributed by atoms with Crippen LogP contribution in [-0.4, -0.2) is 11.1 Å². The summed E-state index contributed by atoms with van der Waals surface area (Å²) in [6, 6.07) is 0. The number of aliphatic carboxylic acids is 1. The van der Waals surface area contributed by atoms with Gasteiger partial charge in [0.15, 0.2) is 0 Å². The molecule has 74 valence electrons. The number of unbranched alkanes of at least 4 members (excludes halogenated alkanes) is 1. The van der Waals surface area contributed by atoms with E-state index in [9.17, 15) is 4.79 Å². The second kappa shape index (κ2) is 6.46. The quantitative estimate of drug-likeness (QED) is 0.485. The summed E-state index contributed by atoms with van der Waals surface area (Å²) in [5.74, 6) is -0.821. The minimum atomic E-state index is -0.886. The molecule has 0 amide bonds. The number of hydrogen-bond donors (Lipinski definition) is 1. The van der Waals surface area contributed by atoms with Gasteiger partial charge in [-0.2, -0.15) is 0 Å². The molecule has 0 aliphatic heterocycles. The van der Waals surface area contributed by atoms with Crippen molar-refractivity contribution in [1.82, 2.24) is 0 Å². The van der Waals surface area contributed by atoms with Crippen molar-refractivity contribution in [2.75, 3.05) is 0 Å². The van der Waals surface area contributed by atoms with Gasteiger partial charge in [0.2, 0.25) is 0 Å². The molecule has 0 saturated carbocycles. The molecule has 0 spiro atoms. The number of carbonyl (C=O) groups is 1. The summed E-state index contributed by atoms with van der Waals surface area (Å²) < 4.78 is 0. The van der Waals surface area contributed by atoms with Gasteiger partial charge in [-0.25, -0.2) is 4.79 Å². The zero-order chi connectivity index (χ0) is 10.3. The van der Waals surface area contributed by atoms with Gasteiger partial charge in [-0.3, -0.25) is 0 Å². The Kier molecular flexibility index (Phi) is 5.94. The third-order valence-electron chi connectivity index (χ3n) is 2.12. The monoisotopic (exact) mass is 182 g/mol. The summed E-state index contributed by atoms with van der Waals surface area (Å²) in [6.45, 7) is 9.29. The molecule has 0 aromatic carbocycles. The summed E-state index contributed by atoms with van der Waals surface area (Å²) in [7, 11) is 0. The molecule has 0 aromatic heterocycles. The largest absolute Gasteiger partial charge is 0.478 e. The maximum absolute atomic E-state index is 10.6. The summed E-state index contributed by atoms with van der Waals surface area (Å²) in [5.41, 5.74) is 0.313. The van der Waals surface area contributed by atoms with E-state index in [4.69, 9.17) is 5.11 Å². The third kappa shape index (κ3) is 4.51. The van der Waals surface area contributed by atoms with E-state index in [-0.39, 0.29) is 5.92 Å². The molecule has 1 unspecified atom stereocenters. The first kappa shape index (κ1) is 11.9. The van der Waals surface area contributed by atoms with Crippen LogP contribution in [0, 0.1) is 5.92 Å². The van der Waals surface area contributed by atoms with Crippen LogP contribution in [-0.2, 0) is 4.79 Å². The average Bonchev–Trinajstić information content (AvgIpc) is 2.11. The molecule has 0 aliphatic rings. The molecule has 0 heterocycles. The SMILES string of the molecule is C=CCC(CCCC)C(=C)C(=O)O. The molecule has 1 N–H and O–H groups in total. The predicted octanol–water partition coefficient (Wildman–Crippen LogP) is 3.01. The standard InChI is InChI=1S/C11H18O2/c1-4-6-8-10(7-5-2)9(3)11(12)13/h5,10H,2-4,6-8H2,1H3,(H,12,13). The fourth-order valence-electron chi connectivity index (χ4n) is 1.26. The van der Waals surface area contributed by atoms with Crippen LogP contribution in [0.4, 0.5) is 0 Å². The van der Waals surface area contributed by atoms with Crippen molar-refractivity contribution in [2.45, 2.75) is 32.6 Å². The molecule has 0 radical (unpaired) electrons. The molecular formula is C11H18O2. The highest BCUT2D eigenvalue weighted by Gasteiger charge is 2.15. The second-order valence-electron chi connectivity index (χ2n) is 3.19. The van der Waals surface area contributed by atoms with Gasteiger partial charge in [-0.15, -0.1) is 6.58 Å². The van der Waals surface area contributed by atoms with Crippen molar-refractivity contribution in [3.8, 4) is 0 Å². The third-order valence-corrected chi connectivity index (χ3v) is 2.12. The Morgan fingerprint density at radius 1 is 1.62 bits per heavy atom. The lowest BCUT2D eigenvalue weighted by Crippen LogP contribution is -2.11. The van der Waals surface area contributed by atoms with E-state index in [0.29, 0.717) is 12.0 Å². The highest BCUT2D eigenvalue weighted by molar-refractivity contribution is 5.86. The van der Waals surface area contributed by atoms with Gasteiger partial charge in [-0.05, 0) is 18.8 Å². The van der Waals surface area contributed by atoms with Crippen LogP contribution < -0.4 is 0 Å². The first-order chi connectivity index (χ1) is 6.13. The van der Waals surface area contributed by atoms with E-state index >= 15 is 0 Å². The first-order valence-corrected chi connectivity index (χ1v) is 4.66. The van der Waals surface area contributed by atoms with Gasteiger partial charge in [0.25, 0.3) is 0 Å². The lowest BCUT2D eigenvalue weighted by Gasteiger charge is -2.13. The van der Waals surface area contributed by atoms with Crippen molar-refractivity contribution in [1.29, 1.82) is 0 Å². The van der Waals surface area contributed by atoms with Gasteiger partial charge < -0.3 is 5.11 Å². The van der Waals surface area contributed by atoms with E-state index in [0.717, 1.165) is 19.3 Å². The average molecular weight is 182 g/mol. The molecule has 0 rings (SSSR count). The number of carboxylic acids is 1. The van der Waals surface area contributed by atoms with E-state index < -0.39 is 5.97 Å². The number of rotatable bonds is 7. The molecule has 0 aromatic rings. The smallest absolute Gasteiger partial charge is 0.331 e. The van der Waals surface area contributed by atoms with Crippen LogP contribution in [0.5, 0.6) is 0 Å². The van der Waals surface area contributed by atoms with Crippen molar-refractivity contribution in [3.05, 3.63) is 24.8 Å². The van der Waals surface area contributed by atoms with Crippen molar-refractivity contribution >= 4 is 5.97 Å². The molecule has 0 aliphatic carbocycles. The topological polar surface area (TPSA) is 37.3 Å². The second-order valence-corrected chi connectivity index (χ2v) is 3.19. The van der Waals surface area contributed by atoms with Gasteiger partial charge in [-0.1, -0.05) is 32.4 Å². The lowest BCUT2D eigenvalue weighted by atomic mass is 9.91. The highest BCUT2D eigenvalue weighted by atomic mass is 16.4. The number of carboxylic acid groups (broad SMARTS) is 1. The van der Waals surface area contributed by atoms with Crippen LogP contribution >= 0.6 is 0 Å². The van der Waals surface area contributed by atoms with Crippen molar-refractivity contribution < 1.29 is 9.90 Å². The molecule has 0 saturated heterocycles. The number of allylic oxidation sites excluding steroid dienone is 1. The van der Waals surface area contributed by atoms with Crippen molar-refractivity contribution in [2.24, 2.45) is 5.92 Å². The summed E-state index contributed by atoms with van der Waals surface area (Å²) >= 11 is 0. The summed E-state index contributed by atoms with van der Waals surface area (Å²) in [5, 5.41) is 8.74. The fraction of sp³-hybridized carbons (Fsp3) is 0.545. The zero-order valence-electron chi connectivity index (χ0n) is 8.25. The molecule has 1 atom stereocenters. The Hall–Kier alpha value is -1.05. The molecule has 13 heavy (non-hydrogen) atoms. The van der Waals surface area contributed by atoms with Gasteiger partial charge in [0.1, 0.15) is 0 Å². The molecule has 2 nitrogen and oxygen atoms in total. The van der Waals surface area contributed by atoms with E-state index in [1.165, 1.54) is 0 Å². The molecular weight excluding hydrogens is 164 g/mol. The van der Waals surface area contributed by atoms with E-state index in [1.54, 1.807) is 6.08 Å². The van der Waals surface area contributed by atoms with Crippen LogP contribution in [0.25, 0.3) is 0 Å². The van der Waals surface area contributed by atoms with Gasteiger partial charge in [0, 0.05) is 5.57 Å². The van der Waals surface area contributed by atoms with Crippen LogP contribution in [0.1, 0.15) is 32.6 Å². The van der Waals surface area contributed by atoms with Crippen LogP contribution in [0.3, 0.4) is 0 Å². The normalized spacial score (nSPS) is 12.1. The minimum absolute atomic E-state index is 0.0648. The highest BCUT2D eigenvalue weighted by Crippen LogP contribution is 2.21. The summed E-state index contributed by atoms with van der Waals surface area (Å²) in [6.07, 6.45) is 5.50. The fourth-order valence-corrected chi connectivity index (χ4v) is 1.26. The maximum Gasteiger partial charge on any atom is 0.331 e. The Balaban J connectivity index is 4.14. The molecule has 0 fully saturated rings.